The number of phenolic OH excluding ortho intramolecular Hbond substituents is 5. The number of hydrogen-bond donors (Lipinski definition) is 8. The normalized spacial score (nSPS) is 24.6. The third-order valence-corrected chi connectivity index (χ3v) is 5.31. The molecule has 0 aromatic heterocycles. The predicted molar refractivity (Wildman–Crippen MR) is 112 cm³/mol. The van der Waals surface area contributed by atoms with E-state index in [1.54, 1.807) is 0 Å². The van der Waals surface area contributed by atoms with Gasteiger partial charge in [0.25, 0.3) is 0 Å². The van der Waals surface area contributed by atoms with Crippen molar-refractivity contribution in [2.45, 2.75) is 43.5 Å². The number of carbonyl (C=O) groups excluding carboxylic acids is 1. The number of benzene rings is 2. The lowest BCUT2D eigenvalue weighted by Gasteiger charge is -2.41. The van der Waals surface area contributed by atoms with Crippen molar-refractivity contribution in [2.24, 2.45) is 0 Å². The van der Waals surface area contributed by atoms with Gasteiger partial charge in [-0.25, -0.2) is 0 Å². The highest BCUT2D eigenvalue weighted by Gasteiger charge is 2.47. The summed E-state index contributed by atoms with van der Waals surface area (Å²) in [7, 11) is 0. The smallest absolute Gasteiger partial charge is 0.310 e. The molecule has 3 rings (SSSR count). The average molecular weight is 482 g/mol. The summed E-state index contributed by atoms with van der Waals surface area (Å²) in [6.45, 7) is -0.818. The second kappa shape index (κ2) is 10.8. The lowest BCUT2D eigenvalue weighted by atomic mass is 9.99. The summed E-state index contributed by atoms with van der Waals surface area (Å²) in [5.41, 5.74) is 0.534. The van der Waals surface area contributed by atoms with Crippen molar-refractivity contribution >= 4 is 5.97 Å². The summed E-state index contributed by atoms with van der Waals surface area (Å²) < 4.78 is 16.3. The van der Waals surface area contributed by atoms with Gasteiger partial charge in [0.05, 0.1) is 19.6 Å². The summed E-state index contributed by atoms with van der Waals surface area (Å²) in [5.74, 6) is -2.92. The maximum absolute atomic E-state index is 12.4. The van der Waals surface area contributed by atoms with Gasteiger partial charge in [-0.1, -0.05) is 6.07 Å². The first-order chi connectivity index (χ1) is 16.1. The summed E-state index contributed by atoms with van der Waals surface area (Å²) >= 11 is 0. The first-order valence-corrected chi connectivity index (χ1v) is 10.3. The van der Waals surface area contributed by atoms with Crippen molar-refractivity contribution in [1.82, 2.24) is 0 Å². The summed E-state index contributed by atoms with van der Waals surface area (Å²) in [6.07, 6.45) is -7.69. The molecule has 2 aromatic carbocycles. The SMILES string of the molecule is O=C(Cc1ccc(O)c(O)c1)O[C@H]1[C@H](OCCc2cc(O)c(O)cc2O)O[C@H](CO)[C@@H](O)[C@@H]1O. The molecule has 34 heavy (non-hydrogen) atoms. The monoisotopic (exact) mass is 482 g/mol. The molecule has 0 spiro atoms. The lowest BCUT2D eigenvalue weighted by Crippen LogP contribution is -2.60. The van der Waals surface area contributed by atoms with Crippen LogP contribution in [0.3, 0.4) is 0 Å². The first-order valence-electron chi connectivity index (χ1n) is 10.3. The van der Waals surface area contributed by atoms with E-state index in [1.807, 2.05) is 0 Å². The minimum atomic E-state index is -1.67. The van der Waals surface area contributed by atoms with Crippen molar-refractivity contribution in [3.8, 4) is 28.7 Å². The quantitative estimate of drug-likeness (QED) is 0.134. The van der Waals surface area contributed by atoms with Gasteiger partial charge in [-0.05, 0) is 30.2 Å². The molecule has 0 amide bonds. The van der Waals surface area contributed by atoms with E-state index in [0.29, 0.717) is 5.56 Å². The molecule has 2 aromatic rings. The molecule has 1 aliphatic rings. The molecular formula is C22H26O12. The minimum absolute atomic E-state index is 0.0232. The topological polar surface area (TPSA) is 207 Å². The Balaban J connectivity index is 1.68. The number of aliphatic hydroxyl groups excluding tert-OH is 3. The summed E-state index contributed by atoms with van der Waals surface area (Å²) in [4.78, 5) is 12.4. The van der Waals surface area contributed by atoms with Crippen LogP contribution in [0.5, 0.6) is 28.7 Å². The Morgan fingerprint density at radius 3 is 2.24 bits per heavy atom. The van der Waals surface area contributed by atoms with Gasteiger partial charge < -0.3 is 55.1 Å². The third kappa shape index (κ3) is 5.79. The van der Waals surface area contributed by atoms with Gasteiger partial charge in [0.15, 0.2) is 35.4 Å². The fraction of sp³-hybridized carbons (Fsp3) is 0.409. The van der Waals surface area contributed by atoms with Crippen LogP contribution in [0, 0.1) is 0 Å². The number of phenols is 5. The summed E-state index contributed by atoms with van der Waals surface area (Å²) in [5, 5.41) is 77.9. The number of aliphatic hydroxyl groups is 3. The molecule has 8 N–H and O–H groups in total. The molecular weight excluding hydrogens is 456 g/mol. The third-order valence-electron chi connectivity index (χ3n) is 5.31. The van der Waals surface area contributed by atoms with Gasteiger partial charge in [-0.2, -0.15) is 0 Å². The van der Waals surface area contributed by atoms with Gasteiger partial charge in [-0.3, -0.25) is 4.79 Å². The number of ether oxygens (including phenoxy) is 3. The zero-order valence-electron chi connectivity index (χ0n) is 17.8. The van der Waals surface area contributed by atoms with Crippen molar-refractivity contribution in [2.75, 3.05) is 13.2 Å². The maximum atomic E-state index is 12.4. The number of rotatable bonds is 8. The number of hydrogen-bond acceptors (Lipinski definition) is 12. The standard InChI is InChI=1S/C22H26O12/c23-9-17-19(30)20(31)21(34-18(29)6-10-1-2-12(24)14(26)5-10)22(33-17)32-4-3-11-7-15(27)16(28)8-13(11)25/h1-2,5,7-8,17,19-28,30-31H,3-4,6,9H2/t17-,19-,20+,21-,22-/m1/s1. The van der Waals surface area contributed by atoms with Crippen LogP contribution in [0.4, 0.5) is 0 Å². The van der Waals surface area contributed by atoms with Crippen molar-refractivity contribution in [1.29, 1.82) is 0 Å². The zero-order chi connectivity index (χ0) is 25.0. The Bertz CT molecular complexity index is 1010. The molecule has 12 nitrogen and oxygen atoms in total. The zero-order valence-corrected chi connectivity index (χ0v) is 17.8. The predicted octanol–water partition coefficient (Wildman–Crippen LogP) is -0.633. The Morgan fingerprint density at radius 2 is 1.56 bits per heavy atom. The second-order valence-corrected chi connectivity index (χ2v) is 7.75. The Morgan fingerprint density at radius 1 is 0.882 bits per heavy atom. The summed E-state index contributed by atoms with van der Waals surface area (Å²) in [6, 6.07) is 5.82. The van der Waals surface area contributed by atoms with Gasteiger partial charge in [0.1, 0.15) is 24.1 Å². The fourth-order valence-electron chi connectivity index (χ4n) is 3.45. The van der Waals surface area contributed by atoms with Gasteiger partial charge in [0, 0.05) is 11.6 Å². The van der Waals surface area contributed by atoms with Crippen LogP contribution in [-0.2, 0) is 31.8 Å². The van der Waals surface area contributed by atoms with E-state index >= 15 is 0 Å². The number of carbonyl (C=O) groups is 1. The van der Waals surface area contributed by atoms with Crippen LogP contribution in [0.2, 0.25) is 0 Å². The van der Waals surface area contributed by atoms with Crippen molar-refractivity contribution in [3.05, 3.63) is 41.5 Å². The Labute approximate surface area is 193 Å². The Kier molecular flexibility index (Phi) is 8.02. The minimum Gasteiger partial charge on any atom is -0.508 e. The maximum Gasteiger partial charge on any atom is 0.310 e. The van der Waals surface area contributed by atoms with E-state index in [0.717, 1.165) is 18.2 Å². The van der Waals surface area contributed by atoms with Crippen LogP contribution < -0.4 is 0 Å². The van der Waals surface area contributed by atoms with Gasteiger partial charge >= 0.3 is 5.97 Å². The lowest BCUT2D eigenvalue weighted by molar-refractivity contribution is -0.304. The molecule has 1 aliphatic heterocycles. The fourth-order valence-corrected chi connectivity index (χ4v) is 3.45. The molecule has 1 saturated heterocycles. The molecule has 0 unspecified atom stereocenters. The molecule has 0 saturated carbocycles. The van der Waals surface area contributed by atoms with E-state index in [1.165, 1.54) is 12.1 Å². The number of aromatic hydroxyl groups is 5. The van der Waals surface area contributed by atoms with Crippen LogP contribution in [-0.4, -0.2) is 90.7 Å². The van der Waals surface area contributed by atoms with Crippen LogP contribution in [0.15, 0.2) is 30.3 Å². The average Bonchev–Trinajstić information content (AvgIpc) is 2.79. The molecule has 1 fully saturated rings. The molecule has 0 bridgehead atoms. The van der Waals surface area contributed by atoms with Crippen molar-refractivity contribution < 1.29 is 59.9 Å². The first kappa shape index (κ1) is 25.3. The van der Waals surface area contributed by atoms with E-state index in [4.69, 9.17) is 14.2 Å². The highest BCUT2D eigenvalue weighted by atomic mass is 16.7. The van der Waals surface area contributed by atoms with E-state index in [2.05, 4.69) is 0 Å². The molecule has 5 atom stereocenters. The second-order valence-electron chi connectivity index (χ2n) is 7.75. The molecule has 1 heterocycles. The molecule has 0 aliphatic carbocycles. The highest BCUT2D eigenvalue weighted by Crippen LogP contribution is 2.33. The molecule has 0 radical (unpaired) electrons. The van der Waals surface area contributed by atoms with Crippen LogP contribution in [0.25, 0.3) is 0 Å². The van der Waals surface area contributed by atoms with Gasteiger partial charge in [-0.15, -0.1) is 0 Å². The van der Waals surface area contributed by atoms with E-state index < -0.39 is 60.5 Å². The Hall–Kier alpha value is -3.29. The van der Waals surface area contributed by atoms with Crippen LogP contribution >= 0.6 is 0 Å². The highest BCUT2D eigenvalue weighted by molar-refractivity contribution is 5.73. The molecule has 186 valence electrons. The molecule has 12 heteroatoms. The van der Waals surface area contributed by atoms with E-state index in [-0.39, 0.29) is 36.5 Å². The van der Waals surface area contributed by atoms with Crippen LogP contribution in [0.1, 0.15) is 11.1 Å². The largest absolute Gasteiger partial charge is 0.508 e. The van der Waals surface area contributed by atoms with Gasteiger partial charge in [0.2, 0.25) is 0 Å². The number of esters is 1. The van der Waals surface area contributed by atoms with Crippen molar-refractivity contribution in [3.63, 3.8) is 0 Å². The van der Waals surface area contributed by atoms with E-state index in [9.17, 15) is 45.6 Å².